The number of nitrogens with zero attached hydrogens (tertiary/aromatic N) is 2. The predicted molar refractivity (Wildman–Crippen MR) is 75.8 cm³/mol. The van der Waals surface area contributed by atoms with Gasteiger partial charge >= 0.3 is 5.97 Å². The molecule has 20 heavy (non-hydrogen) atoms. The highest BCUT2D eigenvalue weighted by Gasteiger charge is 2.22. The molecule has 0 radical (unpaired) electrons. The minimum atomic E-state index is -0.0833. The third-order valence-corrected chi connectivity index (χ3v) is 3.80. The second-order valence-electron chi connectivity index (χ2n) is 5.22. The summed E-state index contributed by atoms with van der Waals surface area (Å²) in [5.41, 5.74) is 1.000. The van der Waals surface area contributed by atoms with Crippen molar-refractivity contribution < 1.29 is 9.53 Å². The fraction of sp³-hybridized carbons (Fsp3) is 0.375. The number of imidazole rings is 1. The first-order chi connectivity index (χ1) is 9.83. The van der Waals surface area contributed by atoms with Gasteiger partial charge in [-0.15, -0.1) is 0 Å². The van der Waals surface area contributed by atoms with Crippen molar-refractivity contribution in [2.45, 2.75) is 32.1 Å². The zero-order valence-corrected chi connectivity index (χ0v) is 11.4. The molecular weight excluding hydrogens is 252 g/mol. The van der Waals surface area contributed by atoms with E-state index < -0.39 is 0 Å². The van der Waals surface area contributed by atoms with E-state index in [2.05, 4.69) is 4.98 Å². The summed E-state index contributed by atoms with van der Waals surface area (Å²) >= 11 is 0. The fourth-order valence-corrected chi connectivity index (χ4v) is 2.64. The molecule has 1 aliphatic carbocycles. The molecule has 1 saturated carbocycles. The van der Waals surface area contributed by atoms with E-state index in [1.54, 1.807) is 12.5 Å². The average Bonchev–Trinajstić information content (AvgIpc) is 3.03. The van der Waals surface area contributed by atoms with Gasteiger partial charge in [-0.05, 0) is 37.1 Å². The fourth-order valence-electron chi connectivity index (χ4n) is 2.64. The number of aromatic nitrogens is 2. The first kappa shape index (κ1) is 12.9. The van der Waals surface area contributed by atoms with Crippen LogP contribution in [0.15, 0.2) is 43.0 Å². The maximum absolute atomic E-state index is 12.0. The van der Waals surface area contributed by atoms with Gasteiger partial charge in [0, 0.05) is 18.1 Å². The van der Waals surface area contributed by atoms with E-state index in [4.69, 9.17) is 4.74 Å². The number of hydrogen-bond acceptors (Lipinski definition) is 3. The molecule has 4 nitrogen and oxygen atoms in total. The van der Waals surface area contributed by atoms with E-state index in [1.165, 1.54) is 6.42 Å². The SMILES string of the molecule is O=C(Oc1ccc(-n2ccnc2)cc1)C1CCCCC1. The van der Waals surface area contributed by atoms with Crippen LogP contribution in [0.2, 0.25) is 0 Å². The lowest BCUT2D eigenvalue weighted by atomic mass is 9.89. The quantitative estimate of drug-likeness (QED) is 0.634. The van der Waals surface area contributed by atoms with Gasteiger partial charge in [-0.3, -0.25) is 4.79 Å². The van der Waals surface area contributed by atoms with Crippen molar-refractivity contribution in [3.05, 3.63) is 43.0 Å². The van der Waals surface area contributed by atoms with Crippen molar-refractivity contribution in [1.82, 2.24) is 9.55 Å². The van der Waals surface area contributed by atoms with Crippen molar-refractivity contribution in [3.8, 4) is 11.4 Å². The standard InChI is InChI=1S/C16H18N2O2/c19-16(13-4-2-1-3-5-13)20-15-8-6-14(7-9-15)18-11-10-17-12-18/h6-13H,1-5H2. The maximum atomic E-state index is 12.0. The molecule has 2 aromatic rings. The Labute approximate surface area is 118 Å². The molecule has 104 valence electrons. The number of benzene rings is 1. The molecule has 4 heteroatoms. The Morgan fingerprint density at radius 1 is 1.15 bits per heavy atom. The molecule has 1 aliphatic rings. The Balaban J connectivity index is 1.64. The van der Waals surface area contributed by atoms with Crippen LogP contribution in [0.25, 0.3) is 5.69 Å². The van der Waals surface area contributed by atoms with Gasteiger partial charge < -0.3 is 9.30 Å². The lowest BCUT2D eigenvalue weighted by molar-refractivity contribution is -0.139. The molecule has 1 aromatic heterocycles. The zero-order chi connectivity index (χ0) is 13.8. The lowest BCUT2D eigenvalue weighted by Crippen LogP contribution is -2.22. The number of esters is 1. The number of carbonyl (C=O) groups is 1. The number of hydrogen-bond donors (Lipinski definition) is 0. The van der Waals surface area contributed by atoms with Crippen molar-refractivity contribution >= 4 is 5.97 Å². The van der Waals surface area contributed by atoms with Gasteiger partial charge in [0.25, 0.3) is 0 Å². The molecule has 1 aromatic carbocycles. The molecule has 0 saturated heterocycles. The van der Waals surface area contributed by atoms with Crippen molar-refractivity contribution in [2.75, 3.05) is 0 Å². The summed E-state index contributed by atoms with van der Waals surface area (Å²) in [5.74, 6) is 0.613. The second-order valence-corrected chi connectivity index (χ2v) is 5.22. The first-order valence-electron chi connectivity index (χ1n) is 7.13. The first-order valence-corrected chi connectivity index (χ1v) is 7.13. The zero-order valence-electron chi connectivity index (χ0n) is 11.4. The summed E-state index contributed by atoms with van der Waals surface area (Å²) in [6.07, 6.45) is 10.8. The average molecular weight is 270 g/mol. The van der Waals surface area contributed by atoms with Crippen LogP contribution in [-0.4, -0.2) is 15.5 Å². The predicted octanol–water partition coefficient (Wildman–Crippen LogP) is 3.36. The van der Waals surface area contributed by atoms with Crippen molar-refractivity contribution in [2.24, 2.45) is 5.92 Å². The Kier molecular flexibility index (Phi) is 3.81. The largest absolute Gasteiger partial charge is 0.426 e. The Hall–Kier alpha value is -2.10. The van der Waals surface area contributed by atoms with Crippen molar-refractivity contribution in [3.63, 3.8) is 0 Å². The van der Waals surface area contributed by atoms with E-state index in [9.17, 15) is 4.79 Å². The van der Waals surface area contributed by atoms with Crippen LogP contribution in [0, 0.1) is 5.92 Å². The van der Waals surface area contributed by atoms with Crippen LogP contribution >= 0.6 is 0 Å². The van der Waals surface area contributed by atoms with E-state index in [0.717, 1.165) is 31.4 Å². The van der Waals surface area contributed by atoms with Gasteiger partial charge in [0.15, 0.2) is 0 Å². The summed E-state index contributed by atoms with van der Waals surface area (Å²) in [7, 11) is 0. The van der Waals surface area contributed by atoms with Gasteiger partial charge in [-0.1, -0.05) is 19.3 Å². The molecule has 0 amide bonds. The lowest BCUT2D eigenvalue weighted by Gasteiger charge is -2.19. The molecule has 0 aliphatic heterocycles. The number of rotatable bonds is 3. The molecule has 0 bridgehead atoms. The van der Waals surface area contributed by atoms with Crippen LogP contribution in [0.1, 0.15) is 32.1 Å². The van der Waals surface area contributed by atoms with Gasteiger partial charge in [0.1, 0.15) is 5.75 Å². The van der Waals surface area contributed by atoms with Gasteiger partial charge in [-0.25, -0.2) is 4.98 Å². The second kappa shape index (κ2) is 5.90. The molecule has 0 atom stereocenters. The normalized spacial score (nSPS) is 16.0. The van der Waals surface area contributed by atoms with Gasteiger partial charge in [0.2, 0.25) is 0 Å². The maximum Gasteiger partial charge on any atom is 0.314 e. The van der Waals surface area contributed by atoms with Gasteiger partial charge in [-0.2, -0.15) is 0 Å². The topological polar surface area (TPSA) is 44.1 Å². The minimum Gasteiger partial charge on any atom is -0.426 e. The van der Waals surface area contributed by atoms with Crippen LogP contribution in [0.4, 0.5) is 0 Å². The third-order valence-electron chi connectivity index (χ3n) is 3.80. The highest BCUT2D eigenvalue weighted by Crippen LogP contribution is 2.25. The molecule has 0 spiro atoms. The van der Waals surface area contributed by atoms with E-state index in [0.29, 0.717) is 5.75 Å². The molecular formula is C16H18N2O2. The minimum absolute atomic E-state index is 0.0806. The summed E-state index contributed by atoms with van der Waals surface area (Å²) in [6.45, 7) is 0. The van der Waals surface area contributed by atoms with E-state index in [-0.39, 0.29) is 11.9 Å². The highest BCUT2D eigenvalue weighted by molar-refractivity contribution is 5.75. The Bertz CT molecular complexity index is 555. The molecule has 1 heterocycles. The molecule has 3 rings (SSSR count). The highest BCUT2D eigenvalue weighted by atomic mass is 16.5. The van der Waals surface area contributed by atoms with Crippen LogP contribution in [0.3, 0.4) is 0 Å². The smallest absolute Gasteiger partial charge is 0.314 e. The molecule has 0 unspecified atom stereocenters. The van der Waals surface area contributed by atoms with E-state index >= 15 is 0 Å². The Morgan fingerprint density at radius 2 is 1.90 bits per heavy atom. The number of carbonyl (C=O) groups excluding carboxylic acids is 1. The van der Waals surface area contributed by atoms with E-state index in [1.807, 2.05) is 35.0 Å². The molecule has 1 fully saturated rings. The van der Waals surface area contributed by atoms with Crippen molar-refractivity contribution in [1.29, 1.82) is 0 Å². The van der Waals surface area contributed by atoms with Crippen LogP contribution in [-0.2, 0) is 4.79 Å². The summed E-state index contributed by atoms with van der Waals surface area (Å²) in [6, 6.07) is 7.50. The van der Waals surface area contributed by atoms with Crippen LogP contribution in [0.5, 0.6) is 5.75 Å². The third kappa shape index (κ3) is 2.90. The van der Waals surface area contributed by atoms with Gasteiger partial charge in [0.05, 0.1) is 12.2 Å². The Morgan fingerprint density at radius 3 is 2.55 bits per heavy atom. The molecule has 0 N–H and O–H groups in total. The monoisotopic (exact) mass is 270 g/mol. The number of ether oxygens (including phenoxy) is 1. The van der Waals surface area contributed by atoms with Crippen LogP contribution < -0.4 is 4.74 Å². The summed E-state index contributed by atoms with van der Waals surface area (Å²) in [5, 5.41) is 0. The summed E-state index contributed by atoms with van der Waals surface area (Å²) < 4.78 is 7.37. The summed E-state index contributed by atoms with van der Waals surface area (Å²) in [4.78, 5) is 16.1.